The molecule has 0 spiro atoms. The predicted octanol–water partition coefficient (Wildman–Crippen LogP) is 0.722. The monoisotopic (exact) mass is 357 g/mol. The Morgan fingerprint density at radius 3 is 2.73 bits per heavy atom. The highest BCUT2D eigenvalue weighted by Crippen LogP contribution is 2.34. The molecule has 0 radical (unpaired) electrons. The fraction of sp³-hybridized carbons (Fsp3) is 0.500. The van der Waals surface area contributed by atoms with E-state index >= 15 is 0 Å². The number of aryl methyl sites for hydroxylation is 1. The molecule has 1 aromatic rings. The highest BCUT2D eigenvalue weighted by Gasteiger charge is 2.54. The number of anilines is 1. The minimum Gasteiger partial charge on any atom is -0.383 e. The fourth-order valence-corrected chi connectivity index (χ4v) is 3.92. The van der Waals surface area contributed by atoms with E-state index in [1.165, 1.54) is 4.90 Å². The molecule has 3 heterocycles. The minimum absolute atomic E-state index is 0.194. The number of carbonyl (C=O) groups excluding carboxylic acids is 2. The van der Waals surface area contributed by atoms with Crippen LogP contribution >= 0.6 is 0 Å². The summed E-state index contributed by atoms with van der Waals surface area (Å²) in [5.41, 5.74) is 2.24. The summed E-state index contributed by atoms with van der Waals surface area (Å²) in [5.74, 6) is 0.580. The van der Waals surface area contributed by atoms with E-state index in [2.05, 4.69) is 24.0 Å². The number of likely N-dealkylation sites (N-methyl/N-ethyl adjacent to an activating group) is 1. The lowest BCUT2D eigenvalue weighted by Gasteiger charge is -2.40. The van der Waals surface area contributed by atoms with Crippen LogP contribution in [0.2, 0.25) is 0 Å². The first-order chi connectivity index (χ1) is 12.5. The molecule has 2 fully saturated rings. The first-order valence-electron chi connectivity index (χ1n) is 8.79. The second kappa shape index (κ2) is 6.28. The number of para-hydroxylation sites is 1. The van der Waals surface area contributed by atoms with E-state index in [1.54, 1.807) is 19.1 Å². The summed E-state index contributed by atoms with van der Waals surface area (Å²) >= 11 is 0. The Kier molecular flexibility index (Phi) is 4.07. The number of methoxy groups -OCH3 is 1. The Morgan fingerprint density at radius 2 is 2.00 bits per heavy atom. The van der Waals surface area contributed by atoms with Crippen LogP contribution in [0.15, 0.2) is 29.3 Å². The molecular weight excluding hydrogens is 334 g/mol. The molecule has 26 heavy (non-hydrogen) atoms. The zero-order valence-corrected chi connectivity index (χ0v) is 15.3. The van der Waals surface area contributed by atoms with Crippen LogP contribution in [0.5, 0.6) is 0 Å². The van der Waals surface area contributed by atoms with Gasteiger partial charge in [-0.3, -0.25) is 9.69 Å². The second-order valence-electron chi connectivity index (χ2n) is 6.80. The Morgan fingerprint density at radius 1 is 1.23 bits per heavy atom. The number of benzene rings is 1. The molecular formula is C18H23N5O3. The molecule has 8 nitrogen and oxygen atoms in total. The van der Waals surface area contributed by atoms with Crippen LogP contribution in [-0.4, -0.2) is 85.2 Å². The summed E-state index contributed by atoms with van der Waals surface area (Å²) in [6.45, 7) is 4.13. The van der Waals surface area contributed by atoms with E-state index in [0.29, 0.717) is 13.2 Å². The van der Waals surface area contributed by atoms with Crippen LogP contribution in [0, 0.1) is 6.92 Å². The molecule has 138 valence electrons. The van der Waals surface area contributed by atoms with Crippen LogP contribution in [0.3, 0.4) is 0 Å². The van der Waals surface area contributed by atoms with Gasteiger partial charge in [0.05, 0.1) is 13.2 Å². The first kappa shape index (κ1) is 16.8. The molecule has 3 amide bonds. The molecule has 8 heteroatoms. The number of carbonyl (C=O) groups is 2. The van der Waals surface area contributed by atoms with Gasteiger partial charge < -0.3 is 19.4 Å². The fourth-order valence-electron chi connectivity index (χ4n) is 3.92. The highest BCUT2D eigenvalue weighted by atomic mass is 16.5. The number of hydrogen-bond acceptors (Lipinski definition) is 6. The van der Waals surface area contributed by atoms with Gasteiger partial charge in [-0.25, -0.2) is 9.79 Å². The molecule has 0 N–H and O–H groups in total. The third-order valence-corrected chi connectivity index (χ3v) is 5.30. The van der Waals surface area contributed by atoms with Gasteiger partial charge in [-0.05, 0) is 18.6 Å². The van der Waals surface area contributed by atoms with E-state index in [1.807, 2.05) is 17.0 Å². The molecule has 3 aliphatic rings. The SMILES string of the molecule is COCCN1C(=O)C2C(N=C3N(c4ccccc4C)CCN32)N(C)C1=O. The van der Waals surface area contributed by atoms with Gasteiger partial charge in [-0.2, -0.15) is 0 Å². The number of aliphatic imine (C=N–C) groups is 1. The lowest BCUT2D eigenvalue weighted by Crippen LogP contribution is -2.65. The van der Waals surface area contributed by atoms with Gasteiger partial charge in [0.1, 0.15) is 0 Å². The topological polar surface area (TPSA) is 68.7 Å². The van der Waals surface area contributed by atoms with Crippen molar-refractivity contribution in [3.8, 4) is 0 Å². The number of urea groups is 1. The average molecular weight is 357 g/mol. The lowest BCUT2D eigenvalue weighted by molar-refractivity contribution is -0.137. The maximum Gasteiger partial charge on any atom is 0.328 e. The number of rotatable bonds is 4. The molecule has 4 rings (SSSR count). The van der Waals surface area contributed by atoms with Crippen LogP contribution in [0.4, 0.5) is 10.5 Å². The van der Waals surface area contributed by atoms with Gasteiger partial charge in [-0.1, -0.05) is 18.2 Å². The van der Waals surface area contributed by atoms with Crippen LogP contribution in [0.1, 0.15) is 5.56 Å². The molecule has 3 aliphatic heterocycles. The molecule has 0 bridgehead atoms. The van der Waals surface area contributed by atoms with Crippen molar-refractivity contribution in [1.82, 2.24) is 14.7 Å². The van der Waals surface area contributed by atoms with Gasteiger partial charge in [0.2, 0.25) is 5.96 Å². The summed E-state index contributed by atoms with van der Waals surface area (Å²) in [7, 11) is 3.26. The summed E-state index contributed by atoms with van der Waals surface area (Å²) in [4.78, 5) is 37.4. The first-order valence-corrected chi connectivity index (χ1v) is 8.79. The number of amides is 3. The van der Waals surface area contributed by atoms with Crippen LogP contribution in [0.25, 0.3) is 0 Å². The summed E-state index contributed by atoms with van der Waals surface area (Å²) in [5, 5.41) is 0. The normalized spacial score (nSPS) is 25.0. The highest BCUT2D eigenvalue weighted by molar-refractivity contribution is 6.08. The molecule has 0 aliphatic carbocycles. The van der Waals surface area contributed by atoms with Crippen molar-refractivity contribution in [3.05, 3.63) is 29.8 Å². The largest absolute Gasteiger partial charge is 0.383 e. The lowest BCUT2D eigenvalue weighted by atomic mass is 10.1. The molecule has 2 atom stereocenters. The summed E-state index contributed by atoms with van der Waals surface area (Å²) in [6.07, 6.45) is -0.476. The van der Waals surface area contributed by atoms with E-state index in [4.69, 9.17) is 9.73 Å². The smallest absolute Gasteiger partial charge is 0.328 e. The van der Waals surface area contributed by atoms with Gasteiger partial charge in [0, 0.05) is 32.9 Å². The minimum atomic E-state index is -0.476. The molecule has 2 unspecified atom stereocenters. The van der Waals surface area contributed by atoms with Crippen molar-refractivity contribution < 1.29 is 14.3 Å². The molecule has 2 saturated heterocycles. The number of imide groups is 1. The zero-order valence-electron chi connectivity index (χ0n) is 15.3. The number of hydrogen-bond donors (Lipinski definition) is 0. The standard InChI is InChI=1S/C18H23N5O3/c1-12-6-4-5-7-13(12)21-8-9-22-14-15(19-17(21)22)20(2)18(25)23(16(14)24)10-11-26-3/h4-7,14-15H,8-11H2,1-3H3. The number of ether oxygens (including phenoxy) is 1. The Balaban J connectivity index is 1.65. The van der Waals surface area contributed by atoms with Crippen LogP contribution in [-0.2, 0) is 9.53 Å². The van der Waals surface area contributed by atoms with Gasteiger partial charge in [0.25, 0.3) is 5.91 Å². The second-order valence-corrected chi connectivity index (χ2v) is 6.80. The number of fused-ring (bicyclic) bond motifs is 3. The predicted molar refractivity (Wildman–Crippen MR) is 97.0 cm³/mol. The van der Waals surface area contributed by atoms with Crippen molar-refractivity contribution >= 4 is 23.6 Å². The average Bonchev–Trinajstić information content (AvgIpc) is 3.20. The maximum atomic E-state index is 13.0. The molecule has 0 saturated carbocycles. The van der Waals surface area contributed by atoms with E-state index in [0.717, 1.165) is 23.8 Å². The Hall–Kier alpha value is -2.61. The van der Waals surface area contributed by atoms with E-state index in [9.17, 15) is 9.59 Å². The van der Waals surface area contributed by atoms with Crippen molar-refractivity contribution in [2.45, 2.75) is 19.1 Å². The van der Waals surface area contributed by atoms with Crippen molar-refractivity contribution in [1.29, 1.82) is 0 Å². The summed E-state index contributed by atoms with van der Waals surface area (Å²) < 4.78 is 5.05. The Labute approximate surface area is 152 Å². The molecule has 1 aromatic carbocycles. The van der Waals surface area contributed by atoms with Crippen molar-refractivity contribution in [2.75, 3.05) is 45.3 Å². The van der Waals surface area contributed by atoms with Gasteiger partial charge in [0.15, 0.2) is 12.2 Å². The van der Waals surface area contributed by atoms with E-state index < -0.39 is 12.2 Å². The van der Waals surface area contributed by atoms with Crippen molar-refractivity contribution in [3.63, 3.8) is 0 Å². The zero-order chi connectivity index (χ0) is 18.4. The summed E-state index contributed by atoms with van der Waals surface area (Å²) in [6, 6.07) is 7.35. The van der Waals surface area contributed by atoms with E-state index in [-0.39, 0.29) is 18.5 Å². The molecule has 0 aromatic heterocycles. The number of nitrogens with zero attached hydrogens (tertiary/aromatic N) is 5. The van der Waals surface area contributed by atoms with Crippen LogP contribution < -0.4 is 4.90 Å². The number of guanidine groups is 1. The third kappa shape index (κ3) is 2.36. The van der Waals surface area contributed by atoms with Crippen molar-refractivity contribution in [2.24, 2.45) is 4.99 Å². The van der Waals surface area contributed by atoms with Gasteiger partial charge in [-0.15, -0.1) is 0 Å². The maximum absolute atomic E-state index is 13.0. The third-order valence-electron chi connectivity index (χ3n) is 5.30. The quantitative estimate of drug-likeness (QED) is 0.794. The Bertz CT molecular complexity index is 780. The van der Waals surface area contributed by atoms with Gasteiger partial charge >= 0.3 is 6.03 Å².